The normalized spacial score (nSPS) is 20.3. The summed E-state index contributed by atoms with van der Waals surface area (Å²) in [6.07, 6.45) is -2.00. The lowest BCUT2D eigenvalue weighted by Crippen LogP contribution is -2.32. The summed E-state index contributed by atoms with van der Waals surface area (Å²) >= 11 is 0. The molecule has 4 nitrogen and oxygen atoms in total. The number of likely N-dealkylation sites (tertiary alicyclic amines) is 1. The predicted octanol–water partition coefficient (Wildman–Crippen LogP) is 3.38. The summed E-state index contributed by atoms with van der Waals surface area (Å²) in [4.78, 5) is 17.1. The lowest BCUT2D eigenvalue weighted by Gasteiger charge is -2.17. The number of aromatic nitrogens is 1. The van der Waals surface area contributed by atoms with Gasteiger partial charge in [-0.2, -0.15) is 13.2 Å². The summed E-state index contributed by atoms with van der Waals surface area (Å²) in [5.41, 5.74) is 0.330. The number of ether oxygens (including phenoxy) is 1. The van der Waals surface area contributed by atoms with Gasteiger partial charge in [-0.15, -0.1) is 0 Å². The number of carbonyl (C=O) groups is 1. The summed E-state index contributed by atoms with van der Waals surface area (Å²) in [6.45, 7) is -2.31. The maximum Gasteiger partial charge on any atom is 0.422 e. The fraction of sp³-hybridized carbons (Fsp3) is 0.600. The first-order valence-electron chi connectivity index (χ1n) is 7.51. The van der Waals surface area contributed by atoms with E-state index in [9.17, 15) is 26.7 Å². The van der Waals surface area contributed by atoms with Crippen LogP contribution in [0, 0.1) is 0 Å². The van der Waals surface area contributed by atoms with Crippen LogP contribution in [0.5, 0.6) is 5.75 Å². The monoisotopic (exact) mass is 350 g/mol. The van der Waals surface area contributed by atoms with Crippen LogP contribution in [0.25, 0.3) is 0 Å². The Morgan fingerprint density at radius 2 is 2.08 bits per heavy atom. The Morgan fingerprint density at radius 1 is 1.38 bits per heavy atom. The Morgan fingerprint density at radius 3 is 2.62 bits per heavy atom. The van der Waals surface area contributed by atoms with Crippen LogP contribution in [0.3, 0.4) is 0 Å². The molecular weight excluding hydrogens is 335 g/mol. The molecule has 2 heterocycles. The number of pyridine rings is 1. The molecule has 1 aromatic rings. The highest BCUT2D eigenvalue weighted by Crippen LogP contribution is 2.44. The van der Waals surface area contributed by atoms with Crippen molar-refractivity contribution in [1.82, 2.24) is 9.88 Å². The van der Waals surface area contributed by atoms with E-state index in [4.69, 9.17) is 4.74 Å². The second-order valence-electron chi connectivity index (χ2n) is 6.12. The Bertz CT molecular complexity index is 643. The first kappa shape index (κ1) is 16.9. The van der Waals surface area contributed by atoms with Crippen LogP contribution >= 0.6 is 0 Å². The van der Waals surface area contributed by atoms with Crippen LogP contribution in [0.2, 0.25) is 0 Å². The Kier molecular flexibility index (Phi) is 4.13. The summed E-state index contributed by atoms with van der Waals surface area (Å²) in [5, 5.41) is 0. The molecule has 1 saturated carbocycles. The molecule has 1 aliphatic heterocycles. The third kappa shape index (κ3) is 3.93. The molecule has 0 atom stereocenters. The van der Waals surface area contributed by atoms with E-state index in [1.54, 1.807) is 0 Å². The quantitative estimate of drug-likeness (QED) is 0.782. The van der Waals surface area contributed by atoms with Gasteiger partial charge < -0.3 is 9.64 Å². The molecule has 0 unspecified atom stereocenters. The molecule has 9 heteroatoms. The zero-order chi connectivity index (χ0) is 17.5. The molecular formula is C15H15F5N2O2. The number of carbonyl (C=O) groups excluding carboxylic acids is 1. The first-order valence-corrected chi connectivity index (χ1v) is 7.51. The minimum absolute atomic E-state index is 0.0564. The molecule has 24 heavy (non-hydrogen) atoms. The molecule has 0 radical (unpaired) electrons. The van der Waals surface area contributed by atoms with Crippen molar-refractivity contribution in [2.24, 2.45) is 0 Å². The number of amides is 1. The molecule has 1 aliphatic carbocycles. The van der Waals surface area contributed by atoms with Crippen molar-refractivity contribution < 1.29 is 31.5 Å². The van der Waals surface area contributed by atoms with Crippen molar-refractivity contribution in [3.8, 4) is 5.75 Å². The number of nitrogens with zero attached hydrogens (tertiary/aromatic N) is 2. The van der Waals surface area contributed by atoms with Crippen molar-refractivity contribution in [3.63, 3.8) is 0 Å². The molecule has 132 valence electrons. The van der Waals surface area contributed by atoms with E-state index in [1.165, 1.54) is 6.20 Å². The molecule has 2 aliphatic rings. The van der Waals surface area contributed by atoms with Gasteiger partial charge >= 0.3 is 6.18 Å². The molecule has 1 amide bonds. The number of halogens is 5. The van der Waals surface area contributed by atoms with Gasteiger partial charge in [-0.05, 0) is 18.8 Å². The van der Waals surface area contributed by atoms with Gasteiger partial charge in [0.15, 0.2) is 6.61 Å². The third-order valence-electron chi connectivity index (χ3n) is 3.98. The van der Waals surface area contributed by atoms with E-state index in [0.717, 1.165) is 23.8 Å². The van der Waals surface area contributed by atoms with Crippen molar-refractivity contribution in [3.05, 3.63) is 23.5 Å². The zero-order valence-corrected chi connectivity index (χ0v) is 12.6. The summed E-state index contributed by atoms with van der Waals surface area (Å²) in [5.74, 6) is -3.66. The van der Waals surface area contributed by atoms with Gasteiger partial charge in [0.1, 0.15) is 11.4 Å². The molecule has 1 aromatic heterocycles. The maximum absolute atomic E-state index is 13.2. The minimum Gasteiger partial charge on any atom is -0.484 e. The van der Waals surface area contributed by atoms with E-state index in [2.05, 4.69) is 4.98 Å². The highest BCUT2D eigenvalue weighted by atomic mass is 19.4. The number of rotatable bonds is 4. The van der Waals surface area contributed by atoms with Crippen molar-refractivity contribution in [2.45, 2.75) is 37.3 Å². The van der Waals surface area contributed by atoms with E-state index in [-0.39, 0.29) is 23.9 Å². The second kappa shape index (κ2) is 5.86. The van der Waals surface area contributed by atoms with Crippen molar-refractivity contribution in [1.29, 1.82) is 0 Å². The smallest absolute Gasteiger partial charge is 0.422 e. The van der Waals surface area contributed by atoms with E-state index >= 15 is 0 Å². The molecule has 1 saturated heterocycles. The number of hydrogen-bond donors (Lipinski definition) is 0. The van der Waals surface area contributed by atoms with Gasteiger partial charge in [-0.3, -0.25) is 9.78 Å². The van der Waals surface area contributed by atoms with Crippen LogP contribution in [0.1, 0.15) is 41.2 Å². The first-order chi connectivity index (χ1) is 11.1. The van der Waals surface area contributed by atoms with E-state index in [1.807, 2.05) is 0 Å². The fourth-order valence-electron chi connectivity index (χ4n) is 2.62. The van der Waals surface area contributed by atoms with Gasteiger partial charge in [-0.1, -0.05) is 0 Å². The van der Waals surface area contributed by atoms with E-state index < -0.39 is 37.6 Å². The van der Waals surface area contributed by atoms with Gasteiger partial charge in [-0.25, -0.2) is 8.78 Å². The van der Waals surface area contributed by atoms with Gasteiger partial charge in [0.05, 0.1) is 6.54 Å². The SMILES string of the molecule is O=C(c1cc(OCC(F)(F)F)c(C2CC2)cn1)N1CCC(F)(F)C1. The van der Waals surface area contributed by atoms with Crippen LogP contribution in [0.4, 0.5) is 22.0 Å². The van der Waals surface area contributed by atoms with Gasteiger partial charge in [0.25, 0.3) is 11.8 Å². The number of hydrogen-bond acceptors (Lipinski definition) is 3. The minimum atomic E-state index is -4.51. The lowest BCUT2D eigenvalue weighted by molar-refractivity contribution is -0.153. The topological polar surface area (TPSA) is 42.4 Å². The fourth-order valence-corrected chi connectivity index (χ4v) is 2.62. The summed E-state index contributed by atoms with van der Waals surface area (Å²) < 4.78 is 68.4. The van der Waals surface area contributed by atoms with Crippen molar-refractivity contribution >= 4 is 5.91 Å². The van der Waals surface area contributed by atoms with Crippen LogP contribution < -0.4 is 4.74 Å². The zero-order valence-electron chi connectivity index (χ0n) is 12.6. The molecule has 0 N–H and O–H groups in total. The van der Waals surface area contributed by atoms with E-state index in [0.29, 0.717) is 5.56 Å². The molecule has 2 fully saturated rings. The molecule has 0 aromatic carbocycles. The Labute approximate surface area is 134 Å². The standard InChI is InChI=1S/C15H15F5N2O2/c16-14(17)3-4-22(7-14)13(23)11-5-12(24-8-15(18,19)20)10(6-21-11)9-1-2-9/h5-6,9H,1-4,7-8H2. The van der Waals surface area contributed by atoms with Crippen LogP contribution in [0.15, 0.2) is 12.3 Å². The molecule has 3 rings (SSSR count). The van der Waals surface area contributed by atoms with Crippen LogP contribution in [-0.4, -0.2) is 47.6 Å². The molecule has 0 bridgehead atoms. The average Bonchev–Trinajstić information content (AvgIpc) is 3.27. The van der Waals surface area contributed by atoms with Gasteiger partial charge in [0, 0.05) is 30.8 Å². The third-order valence-corrected chi connectivity index (χ3v) is 3.98. The van der Waals surface area contributed by atoms with Crippen molar-refractivity contribution in [2.75, 3.05) is 19.7 Å². The second-order valence-corrected chi connectivity index (χ2v) is 6.12. The van der Waals surface area contributed by atoms with Crippen LogP contribution in [-0.2, 0) is 0 Å². The van der Waals surface area contributed by atoms with Gasteiger partial charge in [0.2, 0.25) is 0 Å². The lowest BCUT2D eigenvalue weighted by atomic mass is 10.1. The maximum atomic E-state index is 13.2. The summed E-state index contributed by atoms with van der Waals surface area (Å²) in [6, 6.07) is 1.12. The number of alkyl halides is 5. The predicted molar refractivity (Wildman–Crippen MR) is 73.2 cm³/mol. The highest BCUT2D eigenvalue weighted by molar-refractivity contribution is 5.93. The average molecular weight is 350 g/mol. The largest absolute Gasteiger partial charge is 0.484 e. The molecule has 0 spiro atoms. The Balaban J connectivity index is 1.80. The summed E-state index contributed by atoms with van der Waals surface area (Å²) in [7, 11) is 0. The highest BCUT2D eigenvalue weighted by Gasteiger charge is 2.41. The Hall–Kier alpha value is -1.93.